The molecular formula is C16H15N3O2. The normalized spacial score (nSPS) is 14.9. The first kappa shape index (κ1) is 13.3. The summed E-state index contributed by atoms with van der Waals surface area (Å²) in [6.45, 7) is 4.07. The van der Waals surface area contributed by atoms with Crippen LogP contribution >= 0.6 is 0 Å². The Hall–Kier alpha value is -2.74. The maximum Gasteiger partial charge on any atom is 0.242 e. The molecule has 0 saturated heterocycles. The Bertz CT molecular complexity index is 748. The highest BCUT2D eigenvalue weighted by molar-refractivity contribution is 5.56. The van der Waals surface area contributed by atoms with Crippen LogP contribution in [-0.2, 0) is 6.42 Å². The number of anilines is 1. The van der Waals surface area contributed by atoms with Crippen molar-refractivity contribution in [3.8, 4) is 23.4 Å². The molecule has 5 nitrogen and oxygen atoms in total. The quantitative estimate of drug-likeness (QED) is 0.915. The molecule has 2 aromatic rings. The van der Waals surface area contributed by atoms with Gasteiger partial charge < -0.3 is 15.2 Å². The number of rotatable bonds is 2. The molecule has 0 atom stereocenters. The minimum Gasteiger partial charge on any atom is -0.483 e. The fourth-order valence-electron chi connectivity index (χ4n) is 2.39. The van der Waals surface area contributed by atoms with Crippen molar-refractivity contribution in [2.24, 2.45) is 0 Å². The summed E-state index contributed by atoms with van der Waals surface area (Å²) in [5.74, 6) is 1.59. The van der Waals surface area contributed by atoms with Crippen LogP contribution in [0.2, 0.25) is 0 Å². The molecule has 21 heavy (non-hydrogen) atoms. The van der Waals surface area contributed by atoms with Gasteiger partial charge in [0.2, 0.25) is 5.88 Å². The van der Waals surface area contributed by atoms with Crippen LogP contribution in [0.25, 0.3) is 0 Å². The number of nitrogen functional groups attached to an aromatic ring is 1. The zero-order chi connectivity index (χ0) is 15.0. The van der Waals surface area contributed by atoms with Gasteiger partial charge >= 0.3 is 0 Å². The van der Waals surface area contributed by atoms with Gasteiger partial charge in [0.05, 0.1) is 11.3 Å². The molecule has 1 aromatic heterocycles. The van der Waals surface area contributed by atoms with Crippen molar-refractivity contribution in [3.05, 3.63) is 41.6 Å². The Balaban J connectivity index is 1.94. The van der Waals surface area contributed by atoms with Crippen molar-refractivity contribution in [1.82, 2.24) is 4.98 Å². The number of fused-ring (bicyclic) bond motifs is 1. The van der Waals surface area contributed by atoms with E-state index in [1.807, 2.05) is 38.1 Å². The number of hydrogen-bond acceptors (Lipinski definition) is 5. The number of nitrogens with zero attached hydrogens (tertiary/aromatic N) is 2. The number of ether oxygens (including phenoxy) is 2. The van der Waals surface area contributed by atoms with Crippen molar-refractivity contribution in [2.75, 3.05) is 5.73 Å². The molecule has 0 bridgehead atoms. The standard InChI is InChI=1S/C16H15N3O2/c1-16(2)7-11-4-3-5-13(14(11)21-16)20-15-12(18)6-10(8-17)9-19-15/h3-6,9H,7,18H2,1-2H3. The van der Waals surface area contributed by atoms with E-state index in [0.717, 1.165) is 17.7 Å². The number of hydrogen-bond donors (Lipinski definition) is 1. The Labute approximate surface area is 122 Å². The van der Waals surface area contributed by atoms with Crippen LogP contribution in [0.1, 0.15) is 25.0 Å². The van der Waals surface area contributed by atoms with Gasteiger partial charge in [0.1, 0.15) is 11.7 Å². The highest BCUT2D eigenvalue weighted by atomic mass is 16.5. The van der Waals surface area contributed by atoms with Gasteiger partial charge in [-0.05, 0) is 26.0 Å². The van der Waals surface area contributed by atoms with Gasteiger partial charge in [-0.2, -0.15) is 5.26 Å². The molecule has 2 N–H and O–H groups in total. The third kappa shape index (κ3) is 2.48. The molecule has 0 spiro atoms. The number of nitrogens with two attached hydrogens (primary N) is 1. The number of nitriles is 1. The van der Waals surface area contributed by atoms with Crippen molar-refractivity contribution in [3.63, 3.8) is 0 Å². The molecule has 1 aliphatic heterocycles. The Morgan fingerprint density at radius 2 is 2.24 bits per heavy atom. The smallest absolute Gasteiger partial charge is 0.242 e. The zero-order valence-corrected chi connectivity index (χ0v) is 11.9. The van der Waals surface area contributed by atoms with Crippen molar-refractivity contribution < 1.29 is 9.47 Å². The zero-order valence-electron chi connectivity index (χ0n) is 11.9. The Morgan fingerprint density at radius 1 is 1.43 bits per heavy atom. The fraction of sp³-hybridized carbons (Fsp3) is 0.250. The summed E-state index contributed by atoms with van der Waals surface area (Å²) in [4.78, 5) is 4.08. The van der Waals surface area contributed by atoms with Crippen LogP contribution in [0.15, 0.2) is 30.5 Å². The first-order chi connectivity index (χ1) is 9.98. The van der Waals surface area contributed by atoms with E-state index < -0.39 is 0 Å². The second-order valence-corrected chi connectivity index (χ2v) is 5.62. The molecular weight excluding hydrogens is 266 g/mol. The first-order valence-electron chi connectivity index (χ1n) is 6.63. The van der Waals surface area contributed by atoms with E-state index in [4.69, 9.17) is 20.5 Å². The molecule has 1 aliphatic rings. The van der Waals surface area contributed by atoms with Gasteiger partial charge in [-0.25, -0.2) is 4.98 Å². The lowest BCUT2D eigenvalue weighted by Crippen LogP contribution is -2.24. The summed E-state index contributed by atoms with van der Waals surface area (Å²) >= 11 is 0. The third-order valence-corrected chi connectivity index (χ3v) is 3.27. The van der Waals surface area contributed by atoms with E-state index in [0.29, 0.717) is 17.0 Å². The number of benzene rings is 1. The summed E-state index contributed by atoms with van der Waals surface area (Å²) < 4.78 is 11.7. The van der Waals surface area contributed by atoms with Crippen LogP contribution in [0.3, 0.4) is 0 Å². The maximum absolute atomic E-state index is 8.82. The minimum atomic E-state index is -0.245. The summed E-state index contributed by atoms with van der Waals surface area (Å²) in [5, 5.41) is 8.82. The third-order valence-electron chi connectivity index (χ3n) is 3.27. The number of pyridine rings is 1. The summed E-state index contributed by atoms with van der Waals surface area (Å²) in [5.41, 5.74) is 7.44. The summed E-state index contributed by atoms with van der Waals surface area (Å²) in [6, 6.07) is 9.28. The predicted molar refractivity (Wildman–Crippen MR) is 78.3 cm³/mol. The highest BCUT2D eigenvalue weighted by Crippen LogP contribution is 2.43. The lowest BCUT2D eigenvalue weighted by molar-refractivity contribution is 0.135. The average molecular weight is 281 g/mol. The molecule has 3 rings (SSSR count). The van der Waals surface area contributed by atoms with Gasteiger partial charge in [0.25, 0.3) is 0 Å². The lowest BCUT2D eigenvalue weighted by atomic mass is 10.0. The van der Waals surface area contributed by atoms with Crippen LogP contribution < -0.4 is 15.2 Å². The van der Waals surface area contributed by atoms with Gasteiger partial charge in [-0.3, -0.25) is 0 Å². The minimum absolute atomic E-state index is 0.245. The van der Waals surface area contributed by atoms with E-state index >= 15 is 0 Å². The predicted octanol–water partition coefficient (Wildman–Crippen LogP) is 3.04. The largest absolute Gasteiger partial charge is 0.483 e. The second-order valence-electron chi connectivity index (χ2n) is 5.62. The average Bonchev–Trinajstić information content (AvgIpc) is 2.76. The number of para-hydroxylation sites is 1. The maximum atomic E-state index is 8.82. The van der Waals surface area contributed by atoms with E-state index in [-0.39, 0.29) is 11.5 Å². The fourth-order valence-corrected chi connectivity index (χ4v) is 2.39. The van der Waals surface area contributed by atoms with Gasteiger partial charge in [-0.1, -0.05) is 12.1 Å². The molecule has 106 valence electrons. The van der Waals surface area contributed by atoms with Gasteiger partial charge in [0, 0.05) is 18.2 Å². The van der Waals surface area contributed by atoms with E-state index in [1.165, 1.54) is 12.3 Å². The molecule has 1 aromatic carbocycles. The lowest BCUT2D eigenvalue weighted by Gasteiger charge is -2.18. The van der Waals surface area contributed by atoms with Crippen LogP contribution in [0, 0.1) is 11.3 Å². The highest BCUT2D eigenvalue weighted by Gasteiger charge is 2.32. The summed E-state index contributed by atoms with van der Waals surface area (Å²) in [6.07, 6.45) is 2.26. The van der Waals surface area contributed by atoms with Crippen LogP contribution in [0.4, 0.5) is 5.69 Å². The molecule has 2 heterocycles. The van der Waals surface area contributed by atoms with E-state index in [1.54, 1.807) is 0 Å². The molecule has 0 unspecified atom stereocenters. The van der Waals surface area contributed by atoms with Gasteiger partial charge in [0.15, 0.2) is 11.5 Å². The second kappa shape index (κ2) is 4.67. The topological polar surface area (TPSA) is 81.2 Å². The van der Waals surface area contributed by atoms with E-state index in [9.17, 15) is 0 Å². The van der Waals surface area contributed by atoms with Crippen molar-refractivity contribution in [1.29, 1.82) is 5.26 Å². The molecule has 0 amide bonds. The molecule has 0 radical (unpaired) electrons. The van der Waals surface area contributed by atoms with E-state index in [2.05, 4.69) is 4.98 Å². The Morgan fingerprint density at radius 3 is 2.95 bits per heavy atom. The number of aromatic nitrogens is 1. The van der Waals surface area contributed by atoms with Gasteiger partial charge in [-0.15, -0.1) is 0 Å². The van der Waals surface area contributed by atoms with Crippen molar-refractivity contribution in [2.45, 2.75) is 25.9 Å². The molecule has 0 aliphatic carbocycles. The Kier molecular flexibility index (Phi) is 2.95. The van der Waals surface area contributed by atoms with Crippen molar-refractivity contribution >= 4 is 5.69 Å². The van der Waals surface area contributed by atoms with Crippen LogP contribution in [-0.4, -0.2) is 10.6 Å². The first-order valence-corrected chi connectivity index (χ1v) is 6.63. The molecule has 0 saturated carbocycles. The monoisotopic (exact) mass is 281 g/mol. The SMILES string of the molecule is CC1(C)Cc2cccc(Oc3ncc(C#N)cc3N)c2O1. The summed E-state index contributed by atoms with van der Waals surface area (Å²) in [7, 11) is 0. The molecule has 5 heteroatoms. The van der Waals surface area contributed by atoms with Crippen LogP contribution in [0.5, 0.6) is 17.4 Å². The molecule has 0 fully saturated rings.